The molecule has 3 N–H and O–H groups in total. The van der Waals surface area contributed by atoms with Crippen molar-refractivity contribution in [3.8, 4) is 0 Å². The minimum atomic E-state index is -0.928. The molecular weight excluding hydrogens is 256 g/mol. The van der Waals surface area contributed by atoms with Crippen molar-refractivity contribution in [2.45, 2.75) is 33.2 Å². The minimum absolute atomic E-state index is 0.0159. The van der Waals surface area contributed by atoms with Gasteiger partial charge in [-0.15, -0.1) is 0 Å². The molecule has 1 amide bonds. The molecule has 1 unspecified atom stereocenters. The van der Waals surface area contributed by atoms with Crippen molar-refractivity contribution in [3.05, 3.63) is 29.8 Å². The Kier molecular flexibility index (Phi) is 6.18. The van der Waals surface area contributed by atoms with E-state index in [1.54, 1.807) is 0 Å². The first-order valence-electron chi connectivity index (χ1n) is 6.71. The van der Waals surface area contributed by atoms with Gasteiger partial charge in [0, 0.05) is 5.69 Å². The van der Waals surface area contributed by atoms with Gasteiger partial charge in [-0.05, 0) is 30.9 Å². The number of carbonyl (C=O) groups excluding carboxylic acids is 1. The summed E-state index contributed by atoms with van der Waals surface area (Å²) in [6.07, 6.45) is 0.493. The summed E-state index contributed by atoms with van der Waals surface area (Å²) in [5.41, 5.74) is 1.72. The van der Waals surface area contributed by atoms with E-state index in [4.69, 9.17) is 5.11 Å². The van der Waals surface area contributed by atoms with Crippen LogP contribution < -0.4 is 10.6 Å². The van der Waals surface area contributed by atoms with Crippen molar-refractivity contribution in [3.63, 3.8) is 0 Å². The van der Waals surface area contributed by atoms with E-state index in [1.165, 1.54) is 0 Å². The summed E-state index contributed by atoms with van der Waals surface area (Å²) in [7, 11) is 0. The molecule has 0 aliphatic carbocycles. The van der Waals surface area contributed by atoms with Crippen LogP contribution in [0.4, 0.5) is 5.69 Å². The summed E-state index contributed by atoms with van der Waals surface area (Å²) < 4.78 is 0. The molecule has 1 rings (SSSR count). The van der Waals surface area contributed by atoms with Crippen molar-refractivity contribution in [1.29, 1.82) is 0 Å². The number of amides is 1. The number of carboxylic acids is 1. The maximum absolute atomic E-state index is 11.8. The Labute approximate surface area is 119 Å². The zero-order chi connectivity index (χ0) is 15.1. The topological polar surface area (TPSA) is 78.4 Å². The van der Waals surface area contributed by atoms with Gasteiger partial charge in [0.2, 0.25) is 5.91 Å². The van der Waals surface area contributed by atoms with Gasteiger partial charge in [0.1, 0.15) is 6.04 Å². The van der Waals surface area contributed by atoms with Crippen molar-refractivity contribution in [2.24, 2.45) is 5.92 Å². The summed E-state index contributed by atoms with van der Waals surface area (Å²) in [5.74, 6) is -0.917. The first kappa shape index (κ1) is 16.2. The third-order valence-electron chi connectivity index (χ3n) is 2.93. The fraction of sp³-hybridized carbons (Fsp3) is 0.467. The van der Waals surface area contributed by atoms with E-state index in [0.717, 1.165) is 11.3 Å². The minimum Gasteiger partial charge on any atom is -0.480 e. The van der Waals surface area contributed by atoms with E-state index >= 15 is 0 Å². The van der Waals surface area contributed by atoms with Crippen LogP contribution in [0.1, 0.15) is 25.8 Å². The van der Waals surface area contributed by atoms with E-state index in [0.29, 0.717) is 6.42 Å². The molecule has 0 spiro atoms. The van der Waals surface area contributed by atoms with Gasteiger partial charge in [0.15, 0.2) is 0 Å². The van der Waals surface area contributed by atoms with Crippen molar-refractivity contribution in [2.75, 3.05) is 11.9 Å². The van der Waals surface area contributed by atoms with E-state index < -0.39 is 12.0 Å². The van der Waals surface area contributed by atoms with Gasteiger partial charge in [-0.1, -0.05) is 32.0 Å². The average Bonchev–Trinajstić information content (AvgIpc) is 2.36. The molecule has 0 bridgehead atoms. The van der Waals surface area contributed by atoms with Crippen LogP contribution in [-0.2, 0) is 9.59 Å². The van der Waals surface area contributed by atoms with Crippen LogP contribution in [0.25, 0.3) is 0 Å². The highest BCUT2D eigenvalue weighted by atomic mass is 16.4. The quantitative estimate of drug-likeness (QED) is 0.713. The van der Waals surface area contributed by atoms with Crippen molar-refractivity contribution in [1.82, 2.24) is 5.32 Å². The number of rotatable bonds is 7. The molecule has 0 aliphatic rings. The predicted octanol–water partition coefficient (Wildman–Crippen LogP) is 2.02. The van der Waals surface area contributed by atoms with E-state index in [2.05, 4.69) is 10.6 Å². The molecule has 0 saturated heterocycles. The molecule has 0 fully saturated rings. The molecular formula is C15H22N2O3. The van der Waals surface area contributed by atoms with Crippen LogP contribution in [0.3, 0.4) is 0 Å². The second-order valence-corrected chi connectivity index (χ2v) is 5.26. The van der Waals surface area contributed by atoms with Crippen molar-refractivity contribution < 1.29 is 14.7 Å². The Morgan fingerprint density at radius 1 is 1.25 bits per heavy atom. The summed E-state index contributed by atoms with van der Waals surface area (Å²) in [5, 5.41) is 14.6. The average molecular weight is 278 g/mol. The number of hydrogen-bond donors (Lipinski definition) is 3. The second-order valence-electron chi connectivity index (χ2n) is 5.26. The first-order valence-corrected chi connectivity index (χ1v) is 6.71. The fourth-order valence-corrected chi connectivity index (χ4v) is 1.87. The molecule has 20 heavy (non-hydrogen) atoms. The Morgan fingerprint density at radius 2 is 1.90 bits per heavy atom. The zero-order valence-electron chi connectivity index (χ0n) is 12.1. The maximum atomic E-state index is 11.8. The lowest BCUT2D eigenvalue weighted by Gasteiger charge is -2.16. The number of para-hydroxylation sites is 1. The van der Waals surface area contributed by atoms with Crippen LogP contribution in [-0.4, -0.2) is 29.6 Å². The molecule has 1 aromatic carbocycles. The van der Waals surface area contributed by atoms with Gasteiger partial charge in [-0.3, -0.25) is 14.9 Å². The molecule has 5 nitrogen and oxygen atoms in total. The number of hydrogen-bond acceptors (Lipinski definition) is 3. The van der Waals surface area contributed by atoms with Gasteiger partial charge >= 0.3 is 5.97 Å². The number of anilines is 1. The molecule has 0 aromatic heterocycles. The summed E-state index contributed by atoms with van der Waals surface area (Å²) in [4.78, 5) is 22.9. The van der Waals surface area contributed by atoms with Gasteiger partial charge in [-0.25, -0.2) is 0 Å². The van der Waals surface area contributed by atoms with Crippen LogP contribution >= 0.6 is 0 Å². The Balaban J connectivity index is 2.50. The van der Waals surface area contributed by atoms with E-state index in [1.807, 2.05) is 45.0 Å². The van der Waals surface area contributed by atoms with Crippen molar-refractivity contribution >= 4 is 17.6 Å². The number of carbonyl (C=O) groups is 2. The number of aliphatic carboxylic acids is 1. The lowest BCUT2D eigenvalue weighted by Crippen LogP contribution is -2.42. The van der Waals surface area contributed by atoms with Crippen LogP contribution in [0.15, 0.2) is 24.3 Å². The summed E-state index contributed by atoms with van der Waals surface area (Å²) in [6.45, 7) is 5.79. The summed E-state index contributed by atoms with van der Waals surface area (Å²) >= 11 is 0. The lowest BCUT2D eigenvalue weighted by atomic mass is 10.0. The number of carboxylic acid groups (broad SMARTS) is 1. The largest absolute Gasteiger partial charge is 0.480 e. The molecule has 0 radical (unpaired) electrons. The molecule has 110 valence electrons. The van der Waals surface area contributed by atoms with Gasteiger partial charge in [0.25, 0.3) is 0 Å². The Hall–Kier alpha value is -1.88. The Morgan fingerprint density at radius 3 is 2.45 bits per heavy atom. The molecule has 0 aliphatic heterocycles. The zero-order valence-corrected chi connectivity index (χ0v) is 12.1. The standard InChI is InChI=1S/C15H22N2O3/c1-10(2)8-13(15(19)20)16-9-14(18)17-12-7-5-4-6-11(12)3/h4-7,10,13,16H,8-9H2,1-3H3,(H,17,18)(H,19,20). The van der Waals surface area contributed by atoms with E-state index in [9.17, 15) is 9.59 Å². The molecule has 0 saturated carbocycles. The van der Waals surface area contributed by atoms with Crippen LogP contribution in [0.5, 0.6) is 0 Å². The molecule has 5 heteroatoms. The fourth-order valence-electron chi connectivity index (χ4n) is 1.87. The maximum Gasteiger partial charge on any atom is 0.320 e. The van der Waals surface area contributed by atoms with Gasteiger partial charge < -0.3 is 10.4 Å². The number of nitrogens with one attached hydrogen (secondary N) is 2. The third-order valence-corrected chi connectivity index (χ3v) is 2.93. The first-order chi connectivity index (χ1) is 9.40. The molecule has 1 atom stereocenters. The van der Waals surface area contributed by atoms with Gasteiger partial charge in [0.05, 0.1) is 6.54 Å². The smallest absolute Gasteiger partial charge is 0.320 e. The number of benzene rings is 1. The molecule has 0 heterocycles. The summed E-state index contributed by atoms with van der Waals surface area (Å²) in [6, 6.07) is 6.76. The second kappa shape index (κ2) is 7.65. The highest BCUT2D eigenvalue weighted by molar-refractivity contribution is 5.93. The van der Waals surface area contributed by atoms with Crippen LogP contribution in [0, 0.1) is 12.8 Å². The highest BCUT2D eigenvalue weighted by Gasteiger charge is 2.19. The number of aryl methyl sites for hydroxylation is 1. The SMILES string of the molecule is Cc1ccccc1NC(=O)CNC(CC(C)C)C(=O)O. The van der Waals surface area contributed by atoms with E-state index in [-0.39, 0.29) is 18.4 Å². The normalized spacial score (nSPS) is 12.2. The lowest BCUT2D eigenvalue weighted by molar-refractivity contribution is -0.139. The predicted molar refractivity (Wildman–Crippen MR) is 78.7 cm³/mol. The Bertz CT molecular complexity index is 472. The van der Waals surface area contributed by atoms with Crippen LogP contribution in [0.2, 0.25) is 0 Å². The highest BCUT2D eigenvalue weighted by Crippen LogP contribution is 2.12. The van der Waals surface area contributed by atoms with Gasteiger partial charge in [-0.2, -0.15) is 0 Å². The molecule has 1 aromatic rings. The monoisotopic (exact) mass is 278 g/mol. The third kappa shape index (κ3) is 5.40.